The zero-order valence-corrected chi connectivity index (χ0v) is 18.3. The van der Waals surface area contributed by atoms with Crippen LogP contribution < -0.4 is 4.90 Å². The number of fused-ring (bicyclic) bond motifs is 1. The van der Waals surface area contributed by atoms with E-state index >= 15 is 0 Å². The van der Waals surface area contributed by atoms with Crippen LogP contribution >= 0.6 is 0 Å². The Morgan fingerprint density at radius 1 is 1.32 bits per heavy atom. The molecule has 31 heavy (non-hydrogen) atoms. The van der Waals surface area contributed by atoms with Crippen LogP contribution in [0.5, 0.6) is 0 Å². The van der Waals surface area contributed by atoms with Crippen molar-refractivity contribution in [3.8, 4) is 5.82 Å². The molecule has 0 saturated carbocycles. The number of aliphatic hydroxyl groups is 1. The van der Waals surface area contributed by atoms with Gasteiger partial charge in [0.05, 0.1) is 49.5 Å². The summed E-state index contributed by atoms with van der Waals surface area (Å²) in [6.07, 6.45) is 5.25. The molecule has 2 aliphatic heterocycles. The summed E-state index contributed by atoms with van der Waals surface area (Å²) in [6.45, 7) is 8.90. The highest BCUT2D eigenvalue weighted by Gasteiger charge is 2.40. The summed E-state index contributed by atoms with van der Waals surface area (Å²) < 4.78 is 13.3. The third-order valence-electron chi connectivity index (χ3n) is 6.32. The van der Waals surface area contributed by atoms with Gasteiger partial charge in [-0.25, -0.2) is 4.98 Å². The maximum Gasteiger partial charge on any atom is 0.167 e. The van der Waals surface area contributed by atoms with Gasteiger partial charge < -0.3 is 19.5 Å². The first-order valence-electron chi connectivity index (χ1n) is 10.9. The number of H-pyrrole nitrogens is 1. The molecule has 2 saturated heterocycles. The molecule has 2 N–H and O–H groups in total. The molecule has 3 aromatic rings. The maximum absolute atomic E-state index is 11.5. The van der Waals surface area contributed by atoms with Crippen molar-refractivity contribution in [2.24, 2.45) is 0 Å². The van der Waals surface area contributed by atoms with E-state index in [4.69, 9.17) is 14.5 Å². The van der Waals surface area contributed by atoms with E-state index in [2.05, 4.69) is 33.2 Å². The fourth-order valence-corrected chi connectivity index (χ4v) is 4.91. The molecule has 9 nitrogen and oxygen atoms in total. The summed E-state index contributed by atoms with van der Waals surface area (Å²) >= 11 is 0. The van der Waals surface area contributed by atoms with Gasteiger partial charge in [-0.15, -0.1) is 0 Å². The van der Waals surface area contributed by atoms with Crippen LogP contribution in [0, 0.1) is 0 Å². The second-order valence-corrected chi connectivity index (χ2v) is 9.43. The fourth-order valence-electron chi connectivity index (χ4n) is 4.91. The standard InChI is InChI=1S/C22H30N6O3/c1-15-13-30-9-7-27(15)19-10-16(11-22(29)5-8-31-21(2,3)14-22)17-12-24-28(20(17)25-19)18-4-6-23-26-18/h4,6,10,12,15,29H,5,7-9,11,13-14H2,1-3H3,(H,23,26)/t15-,22+/m1/s1. The Morgan fingerprint density at radius 2 is 2.19 bits per heavy atom. The molecule has 2 aliphatic rings. The molecule has 0 spiro atoms. The summed E-state index contributed by atoms with van der Waals surface area (Å²) in [5.74, 6) is 1.64. The van der Waals surface area contributed by atoms with Crippen molar-refractivity contribution in [1.82, 2.24) is 25.0 Å². The van der Waals surface area contributed by atoms with Gasteiger partial charge in [0.15, 0.2) is 11.5 Å². The second kappa shape index (κ2) is 7.58. The number of hydrogen-bond acceptors (Lipinski definition) is 7. The van der Waals surface area contributed by atoms with Gasteiger partial charge >= 0.3 is 0 Å². The van der Waals surface area contributed by atoms with E-state index in [0.29, 0.717) is 39.1 Å². The lowest BCUT2D eigenvalue weighted by Crippen LogP contribution is -2.47. The van der Waals surface area contributed by atoms with E-state index in [1.54, 1.807) is 10.9 Å². The summed E-state index contributed by atoms with van der Waals surface area (Å²) in [5.41, 5.74) is 0.621. The highest BCUT2D eigenvalue weighted by atomic mass is 16.5. The minimum absolute atomic E-state index is 0.222. The van der Waals surface area contributed by atoms with Crippen molar-refractivity contribution in [1.29, 1.82) is 0 Å². The number of nitrogens with zero attached hydrogens (tertiary/aromatic N) is 5. The molecule has 0 radical (unpaired) electrons. The molecule has 2 atom stereocenters. The third kappa shape index (κ3) is 3.93. The van der Waals surface area contributed by atoms with Crippen LogP contribution in [0.15, 0.2) is 24.5 Å². The summed E-state index contributed by atoms with van der Waals surface area (Å²) in [5, 5.41) is 24.0. The highest BCUT2D eigenvalue weighted by molar-refractivity contribution is 5.82. The topological polar surface area (TPSA) is 101 Å². The predicted molar refractivity (Wildman–Crippen MR) is 117 cm³/mol. The number of nitrogens with one attached hydrogen (secondary N) is 1. The normalized spacial score (nSPS) is 26.5. The molecule has 3 aromatic heterocycles. The van der Waals surface area contributed by atoms with Gasteiger partial charge in [0, 0.05) is 30.8 Å². The third-order valence-corrected chi connectivity index (χ3v) is 6.32. The quantitative estimate of drug-likeness (QED) is 0.660. The maximum atomic E-state index is 11.5. The van der Waals surface area contributed by atoms with E-state index < -0.39 is 5.60 Å². The fraction of sp³-hybridized carbons (Fsp3) is 0.591. The van der Waals surface area contributed by atoms with Gasteiger partial charge in [0.25, 0.3) is 0 Å². The molecule has 0 amide bonds. The number of aromatic nitrogens is 5. The van der Waals surface area contributed by atoms with Gasteiger partial charge in [-0.3, -0.25) is 5.10 Å². The molecule has 0 bridgehead atoms. The predicted octanol–water partition coefficient (Wildman–Crippen LogP) is 2.23. The highest BCUT2D eigenvalue weighted by Crippen LogP contribution is 2.37. The van der Waals surface area contributed by atoms with Crippen LogP contribution in [-0.2, 0) is 15.9 Å². The van der Waals surface area contributed by atoms with E-state index in [0.717, 1.165) is 34.8 Å². The molecule has 0 aliphatic carbocycles. The first-order valence-corrected chi connectivity index (χ1v) is 10.9. The SMILES string of the molecule is C[C@@H]1COCCN1c1cc(C[C@@]2(O)CCOC(C)(C)C2)c2cnn(-c3ccn[nH]3)c2n1. The minimum atomic E-state index is -0.833. The Bertz CT molecular complexity index is 1060. The smallest absolute Gasteiger partial charge is 0.167 e. The molecule has 2 fully saturated rings. The largest absolute Gasteiger partial charge is 0.389 e. The molecular formula is C22H30N6O3. The average molecular weight is 427 g/mol. The van der Waals surface area contributed by atoms with Crippen LogP contribution in [0.3, 0.4) is 0 Å². The Morgan fingerprint density at radius 3 is 2.94 bits per heavy atom. The number of pyridine rings is 1. The van der Waals surface area contributed by atoms with Gasteiger partial charge in [-0.2, -0.15) is 14.9 Å². The van der Waals surface area contributed by atoms with Gasteiger partial charge in [-0.05, 0) is 38.8 Å². The minimum Gasteiger partial charge on any atom is -0.389 e. The van der Waals surface area contributed by atoms with Crippen LogP contribution in [0.2, 0.25) is 0 Å². The van der Waals surface area contributed by atoms with E-state index in [1.165, 1.54) is 0 Å². The summed E-state index contributed by atoms with van der Waals surface area (Å²) in [6, 6.07) is 4.20. The van der Waals surface area contributed by atoms with Crippen molar-refractivity contribution < 1.29 is 14.6 Å². The second-order valence-electron chi connectivity index (χ2n) is 9.43. The molecule has 5 heterocycles. The van der Waals surface area contributed by atoms with Crippen LogP contribution in [0.1, 0.15) is 39.2 Å². The zero-order valence-electron chi connectivity index (χ0n) is 18.3. The van der Waals surface area contributed by atoms with Crippen molar-refractivity contribution in [3.63, 3.8) is 0 Å². The van der Waals surface area contributed by atoms with E-state index in [-0.39, 0.29) is 11.6 Å². The first-order chi connectivity index (χ1) is 14.8. The first kappa shape index (κ1) is 20.4. The molecule has 0 unspecified atom stereocenters. The lowest BCUT2D eigenvalue weighted by Gasteiger charge is -2.42. The monoisotopic (exact) mass is 426 g/mol. The van der Waals surface area contributed by atoms with E-state index in [9.17, 15) is 5.11 Å². The molecular weight excluding hydrogens is 396 g/mol. The van der Waals surface area contributed by atoms with E-state index in [1.807, 2.05) is 26.1 Å². The number of morpholine rings is 1. The molecule has 9 heteroatoms. The van der Waals surface area contributed by atoms with Crippen LogP contribution in [-0.4, -0.2) is 73.7 Å². The lowest BCUT2D eigenvalue weighted by atomic mass is 9.80. The zero-order chi connectivity index (χ0) is 21.6. The Kier molecular flexibility index (Phi) is 4.99. The Hall–Kier alpha value is -2.49. The number of aromatic amines is 1. The molecule has 5 rings (SSSR count). The van der Waals surface area contributed by atoms with Crippen molar-refractivity contribution in [2.75, 3.05) is 31.3 Å². The average Bonchev–Trinajstić information content (AvgIpc) is 3.36. The Labute approximate surface area is 181 Å². The van der Waals surface area contributed by atoms with Crippen LogP contribution in [0.25, 0.3) is 16.9 Å². The number of hydrogen-bond donors (Lipinski definition) is 2. The number of rotatable bonds is 4. The number of ether oxygens (including phenoxy) is 2. The molecule has 0 aromatic carbocycles. The van der Waals surface area contributed by atoms with Gasteiger partial charge in [-0.1, -0.05) is 0 Å². The molecule has 166 valence electrons. The number of anilines is 1. The van der Waals surface area contributed by atoms with Gasteiger partial charge in [0.2, 0.25) is 0 Å². The summed E-state index contributed by atoms with van der Waals surface area (Å²) in [7, 11) is 0. The lowest BCUT2D eigenvalue weighted by molar-refractivity contribution is -0.143. The van der Waals surface area contributed by atoms with Crippen molar-refractivity contribution in [2.45, 2.75) is 57.3 Å². The summed E-state index contributed by atoms with van der Waals surface area (Å²) in [4.78, 5) is 7.26. The Balaban J connectivity index is 1.61. The van der Waals surface area contributed by atoms with Crippen LogP contribution in [0.4, 0.5) is 5.82 Å². The van der Waals surface area contributed by atoms with Crippen molar-refractivity contribution >= 4 is 16.9 Å². The van der Waals surface area contributed by atoms with Crippen molar-refractivity contribution in [3.05, 3.63) is 30.1 Å². The van der Waals surface area contributed by atoms with Gasteiger partial charge in [0.1, 0.15) is 5.82 Å².